The van der Waals surface area contributed by atoms with Gasteiger partial charge in [0, 0.05) is 16.9 Å². The van der Waals surface area contributed by atoms with E-state index < -0.39 is 5.54 Å². The van der Waals surface area contributed by atoms with E-state index in [2.05, 4.69) is 19.2 Å². The van der Waals surface area contributed by atoms with Crippen LogP contribution in [-0.2, 0) is 4.79 Å². The molecule has 1 unspecified atom stereocenters. The fraction of sp³-hybridized carbons (Fsp3) is 0.562. The third kappa shape index (κ3) is 2.57. The summed E-state index contributed by atoms with van der Waals surface area (Å²) in [5, 5.41) is 3.37. The molecule has 1 aliphatic heterocycles. The number of hydrogen-bond donors (Lipinski definition) is 1. The highest BCUT2D eigenvalue weighted by molar-refractivity contribution is 7.99. The molecule has 114 valence electrons. The molecule has 5 heteroatoms. The van der Waals surface area contributed by atoms with Gasteiger partial charge in [0.1, 0.15) is 17.5 Å². The lowest BCUT2D eigenvalue weighted by atomic mass is 10.1. The summed E-state index contributed by atoms with van der Waals surface area (Å²) < 4.78 is 14.1. The molecular weight excluding hydrogens is 287 g/mol. The number of hydrogen-bond acceptors (Lipinski definition) is 3. The van der Waals surface area contributed by atoms with Gasteiger partial charge in [0.05, 0.1) is 0 Å². The number of thioether (sulfide) groups is 1. The van der Waals surface area contributed by atoms with Gasteiger partial charge >= 0.3 is 0 Å². The Morgan fingerprint density at radius 3 is 2.67 bits per heavy atom. The minimum Gasteiger partial charge on any atom is -0.320 e. The Morgan fingerprint density at radius 1 is 1.43 bits per heavy atom. The molecule has 1 amide bonds. The second-order valence-corrected chi connectivity index (χ2v) is 8.06. The highest BCUT2D eigenvalue weighted by Crippen LogP contribution is 2.47. The molecule has 1 N–H and O–H groups in total. The summed E-state index contributed by atoms with van der Waals surface area (Å²) in [4.78, 5) is 14.5. The summed E-state index contributed by atoms with van der Waals surface area (Å²) >= 11 is 1.72. The molecule has 1 aliphatic carbocycles. The lowest BCUT2D eigenvalue weighted by Gasteiger charge is -2.32. The van der Waals surface area contributed by atoms with E-state index in [-0.39, 0.29) is 22.6 Å². The Hall–Kier alpha value is -1.07. The van der Waals surface area contributed by atoms with Gasteiger partial charge in [-0.15, -0.1) is 0 Å². The van der Waals surface area contributed by atoms with Crippen LogP contribution < -0.4 is 5.32 Å². The number of carbonyl (C=O) groups excluding carboxylic acids is 1. The zero-order chi connectivity index (χ0) is 15.3. The molecule has 3 nitrogen and oxygen atoms in total. The number of nitrogens with one attached hydrogen (secondary N) is 1. The first-order valence-electron chi connectivity index (χ1n) is 7.27. The zero-order valence-corrected chi connectivity index (χ0v) is 13.5. The van der Waals surface area contributed by atoms with Crippen molar-refractivity contribution in [2.45, 2.75) is 43.1 Å². The second-order valence-electron chi connectivity index (χ2n) is 6.55. The van der Waals surface area contributed by atoms with Gasteiger partial charge in [0.25, 0.3) is 0 Å². The largest absolute Gasteiger partial charge is 0.320 e. The quantitative estimate of drug-likeness (QED) is 0.928. The summed E-state index contributed by atoms with van der Waals surface area (Å²) in [5.41, 5.74) is 0.132. The van der Waals surface area contributed by atoms with Crippen molar-refractivity contribution in [1.82, 2.24) is 10.2 Å². The number of amides is 1. The molecule has 21 heavy (non-hydrogen) atoms. The van der Waals surface area contributed by atoms with Crippen LogP contribution in [0, 0.1) is 5.82 Å². The number of benzene rings is 1. The van der Waals surface area contributed by atoms with Crippen LogP contribution in [0.4, 0.5) is 4.39 Å². The topological polar surface area (TPSA) is 32.3 Å². The van der Waals surface area contributed by atoms with Crippen molar-refractivity contribution in [3.05, 3.63) is 35.6 Å². The SMILES string of the molecule is CSC(C)(C)CN1C(=O)C2(CC2)NC1c1ccccc1F. The highest BCUT2D eigenvalue weighted by atomic mass is 32.2. The standard InChI is InChI=1S/C16H21FN2OS/c1-15(2,21-3)10-19-13(11-6-4-5-7-12(11)17)18-16(8-9-16)14(19)20/h4-7,13,18H,8-10H2,1-3H3. The van der Waals surface area contributed by atoms with E-state index in [9.17, 15) is 9.18 Å². The average Bonchev–Trinajstić information content (AvgIpc) is 3.19. The van der Waals surface area contributed by atoms with Crippen molar-refractivity contribution in [2.24, 2.45) is 0 Å². The molecule has 3 rings (SSSR count). The third-order valence-corrected chi connectivity index (χ3v) is 5.68. The van der Waals surface area contributed by atoms with E-state index in [0.29, 0.717) is 12.1 Å². The monoisotopic (exact) mass is 308 g/mol. The third-order valence-electron chi connectivity index (χ3n) is 4.45. The van der Waals surface area contributed by atoms with Crippen LogP contribution in [0.1, 0.15) is 38.4 Å². The van der Waals surface area contributed by atoms with Crippen molar-refractivity contribution < 1.29 is 9.18 Å². The minimum atomic E-state index is -0.429. The fourth-order valence-electron chi connectivity index (χ4n) is 2.86. The molecule has 0 aromatic heterocycles. The van der Waals surface area contributed by atoms with E-state index in [1.807, 2.05) is 17.2 Å². The number of halogens is 1. The summed E-state index contributed by atoms with van der Waals surface area (Å²) in [5.74, 6) is -0.134. The molecule has 1 saturated heterocycles. The summed E-state index contributed by atoms with van der Waals surface area (Å²) in [6.07, 6.45) is 3.39. The van der Waals surface area contributed by atoms with E-state index in [1.165, 1.54) is 6.07 Å². The maximum Gasteiger partial charge on any atom is 0.244 e. The molecule has 1 heterocycles. The van der Waals surface area contributed by atoms with Gasteiger partial charge in [0.15, 0.2) is 0 Å². The molecule has 1 aromatic carbocycles. The van der Waals surface area contributed by atoms with Gasteiger partial charge in [-0.2, -0.15) is 11.8 Å². The zero-order valence-electron chi connectivity index (χ0n) is 12.6. The molecule has 2 fully saturated rings. The first kappa shape index (κ1) is 14.9. The van der Waals surface area contributed by atoms with Gasteiger partial charge in [-0.25, -0.2) is 4.39 Å². The van der Waals surface area contributed by atoms with Crippen LogP contribution in [0.3, 0.4) is 0 Å². The van der Waals surface area contributed by atoms with Gasteiger partial charge < -0.3 is 4.90 Å². The van der Waals surface area contributed by atoms with Crippen LogP contribution in [0.2, 0.25) is 0 Å². The van der Waals surface area contributed by atoms with Crippen LogP contribution in [0.5, 0.6) is 0 Å². The van der Waals surface area contributed by atoms with Crippen molar-refractivity contribution >= 4 is 17.7 Å². The molecule has 2 aliphatic rings. The van der Waals surface area contributed by atoms with Crippen LogP contribution in [0.15, 0.2) is 24.3 Å². The first-order valence-corrected chi connectivity index (χ1v) is 8.49. The van der Waals surface area contributed by atoms with Crippen LogP contribution in [0.25, 0.3) is 0 Å². The van der Waals surface area contributed by atoms with Gasteiger partial charge in [0.2, 0.25) is 5.91 Å². The van der Waals surface area contributed by atoms with Crippen LogP contribution >= 0.6 is 11.8 Å². The van der Waals surface area contributed by atoms with Crippen molar-refractivity contribution in [2.75, 3.05) is 12.8 Å². The Morgan fingerprint density at radius 2 is 2.10 bits per heavy atom. The summed E-state index contributed by atoms with van der Waals surface area (Å²) in [6, 6.07) is 6.72. The van der Waals surface area contributed by atoms with Gasteiger partial charge in [-0.1, -0.05) is 18.2 Å². The van der Waals surface area contributed by atoms with Gasteiger partial charge in [-0.3, -0.25) is 10.1 Å². The lowest BCUT2D eigenvalue weighted by Crippen LogP contribution is -2.41. The number of rotatable bonds is 4. The van der Waals surface area contributed by atoms with E-state index >= 15 is 0 Å². The Kier molecular flexibility index (Phi) is 3.53. The normalized spacial score (nSPS) is 23.9. The molecule has 1 aromatic rings. The maximum absolute atomic E-state index is 14.1. The maximum atomic E-state index is 14.1. The summed E-state index contributed by atoms with van der Waals surface area (Å²) in [7, 11) is 0. The smallest absolute Gasteiger partial charge is 0.244 e. The highest BCUT2D eigenvalue weighted by Gasteiger charge is 2.60. The predicted octanol–water partition coefficient (Wildman–Crippen LogP) is 2.93. The molecule has 0 bridgehead atoms. The van der Waals surface area contributed by atoms with Crippen LogP contribution in [-0.4, -0.2) is 33.9 Å². The first-order chi connectivity index (χ1) is 9.88. The lowest BCUT2D eigenvalue weighted by molar-refractivity contribution is -0.131. The Labute approximate surface area is 129 Å². The Bertz CT molecular complexity index is 571. The molecular formula is C16H21FN2OS. The summed E-state index contributed by atoms with van der Waals surface area (Å²) in [6.45, 7) is 4.84. The van der Waals surface area contributed by atoms with E-state index in [4.69, 9.17) is 0 Å². The fourth-order valence-corrected chi connectivity index (χ4v) is 3.13. The van der Waals surface area contributed by atoms with Crippen molar-refractivity contribution in [3.8, 4) is 0 Å². The number of nitrogens with zero attached hydrogens (tertiary/aromatic N) is 1. The van der Waals surface area contributed by atoms with E-state index in [0.717, 1.165) is 12.8 Å². The minimum absolute atomic E-state index is 0.0543. The number of carbonyl (C=O) groups is 1. The average molecular weight is 308 g/mol. The Balaban J connectivity index is 1.94. The van der Waals surface area contributed by atoms with E-state index in [1.54, 1.807) is 23.9 Å². The molecule has 1 atom stereocenters. The second kappa shape index (κ2) is 4.99. The molecule has 0 radical (unpaired) electrons. The van der Waals surface area contributed by atoms with Crippen molar-refractivity contribution in [3.63, 3.8) is 0 Å². The van der Waals surface area contributed by atoms with Gasteiger partial charge in [-0.05, 0) is 39.0 Å². The predicted molar refractivity (Wildman–Crippen MR) is 83.5 cm³/mol. The molecule has 1 saturated carbocycles. The molecule has 1 spiro atoms. The van der Waals surface area contributed by atoms with Crippen molar-refractivity contribution in [1.29, 1.82) is 0 Å².